The molecule has 1 amide bonds. The molecule has 0 aromatic carbocycles. The second-order valence-electron chi connectivity index (χ2n) is 5.26. The minimum absolute atomic E-state index is 0.198. The smallest absolute Gasteiger partial charge is 0.350 e. The maximum absolute atomic E-state index is 11.2. The van der Waals surface area contributed by atoms with E-state index in [1.807, 2.05) is 0 Å². The maximum Gasteiger partial charge on any atom is 0.469 e. The molecule has 0 aliphatic rings. The van der Waals surface area contributed by atoms with Gasteiger partial charge < -0.3 is 24.3 Å². The van der Waals surface area contributed by atoms with Gasteiger partial charge in [-0.05, 0) is 6.92 Å². The molecule has 0 aromatic heterocycles. The number of hydrogen-bond acceptors (Lipinski definition) is 4. The van der Waals surface area contributed by atoms with Crippen LogP contribution in [0, 0.1) is 0 Å². The van der Waals surface area contributed by atoms with Gasteiger partial charge in [-0.3, -0.25) is 9.32 Å². The van der Waals surface area contributed by atoms with Crippen LogP contribution in [-0.4, -0.2) is 67.3 Å². The molecule has 0 radical (unpaired) electrons. The van der Waals surface area contributed by atoms with Gasteiger partial charge in [0.25, 0.3) is 0 Å². The fourth-order valence-corrected chi connectivity index (χ4v) is 1.49. The van der Waals surface area contributed by atoms with E-state index < -0.39 is 14.1 Å². The first-order chi connectivity index (χ1) is 8.93. The summed E-state index contributed by atoms with van der Waals surface area (Å²) in [5, 5.41) is 2.60. The van der Waals surface area contributed by atoms with Gasteiger partial charge in [0.05, 0.1) is 27.7 Å². The van der Waals surface area contributed by atoms with Crippen molar-refractivity contribution in [2.24, 2.45) is 0 Å². The van der Waals surface area contributed by atoms with E-state index in [1.54, 1.807) is 28.1 Å². The molecule has 0 rings (SSSR count). The van der Waals surface area contributed by atoms with Gasteiger partial charge in [-0.25, -0.2) is 4.57 Å². The topological polar surface area (TPSA) is 105 Å². The molecule has 9 heteroatoms. The van der Waals surface area contributed by atoms with E-state index in [2.05, 4.69) is 16.4 Å². The third-order valence-electron chi connectivity index (χ3n) is 2.33. The number of rotatable bonds is 9. The number of hydrogen-bond donors (Lipinski definition) is 3. The van der Waals surface area contributed by atoms with Crippen molar-refractivity contribution in [2.45, 2.75) is 13.2 Å². The number of carbonyl (C=O) groups is 1. The highest BCUT2D eigenvalue weighted by molar-refractivity contribution is 7.46. The zero-order chi connectivity index (χ0) is 16.0. The molecule has 0 saturated heterocycles. The van der Waals surface area contributed by atoms with Gasteiger partial charge >= 0.3 is 7.82 Å². The summed E-state index contributed by atoms with van der Waals surface area (Å²) in [6, 6.07) is 0. The molecule has 118 valence electrons. The van der Waals surface area contributed by atoms with Gasteiger partial charge in [-0.15, -0.1) is 0 Å². The van der Waals surface area contributed by atoms with E-state index in [0.717, 1.165) is 0 Å². The van der Waals surface area contributed by atoms with Gasteiger partial charge in [0.1, 0.15) is 6.61 Å². The van der Waals surface area contributed by atoms with Crippen molar-refractivity contribution in [3.05, 3.63) is 12.2 Å². The van der Waals surface area contributed by atoms with Crippen LogP contribution in [0.15, 0.2) is 12.2 Å². The zero-order valence-corrected chi connectivity index (χ0v) is 13.2. The number of amides is 1. The molecule has 20 heavy (non-hydrogen) atoms. The van der Waals surface area contributed by atoms with Crippen molar-refractivity contribution in [3.8, 4) is 0 Å². The van der Waals surface area contributed by atoms with Crippen molar-refractivity contribution in [1.29, 1.82) is 0 Å². The molecule has 8 nitrogen and oxygen atoms in total. The van der Waals surface area contributed by atoms with Crippen LogP contribution in [0.1, 0.15) is 6.92 Å². The lowest BCUT2D eigenvalue weighted by molar-refractivity contribution is -0.919. The fourth-order valence-electron chi connectivity index (χ4n) is 1.17. The Balaban J connectivity index is 4.23. The predicted molar refractivity (Wildman–Crippen MR) is 73.6 cm³/mol. The molecular formula is C11H24N2O6P+. The molecular weight excluding hydrogens is 287 g/mol. The average Bonchev–Trinajstić information content (AvgIpc) is 2.24. The first-order valence-electron chi connectivity index (χ1n) is 6.00. The van der Waals surface area contributed by atoms with E-state index in [-0.39, 0.29) is 25.7 Å². The lowest BCUT2D eigenvalue weighted by Crippen LogP contribution is -2.50. The lowest BCUT2D eigenvalue weighted by Gasteiger charge is -2.33. The van der Waals surface area contributed by atoms with Gasteiger partial charge in [0.2, 0.25) is 12.1 Å². The second kappa shape index (κ2) is 7.87. The summed E-state index contributed by atoms with van der Waals surface area (Å²) in [6.45, 7) is 5.32. The van der Waals surface area contributed by atoms with Crippen LogP contribution < -0.4 is 5.32 Å². The minimum atomic E-state index is -4.53. The largest absolute Gasteiger partial charge is 0.469 e. The van der Waals surface area contributed by atoms with Gasteiger partial charge in [-0.2, -0.15) is 0 Å². The Morgan fingerprint density at radius 2 is 1.95 bits per heavy atom. The van der Waals surface area contributed by atoms with Crippen LogP contribution in [0.5, 0.6) is 0 Å². The quantitative estimate of drug-likeness (QED) is 0.180. The van der Waals surface area contributed by atoms with Crippen molar-refractivity contribution in [3.63, 3.8) is 0 Å². The van der Waals surface area contributed by atoms with Gasteiger partial charge in [0.15, 0.2) is 0 Å². The molecule has 0 heterocycles. The number of quaternary nitrogens is 1. The summed E-state index contributed by atoms with van der Waals surface area (Å²) >= 11 is 0. The Bertz CT molecular complexity index is 387. The Kier molecular flexibility index (Phi) is 7.57. The number of phosphoric ester groups is 1. The normalized spacial score (nSPS) is 13.9. The Hall–Kier alpha value is -0.760. The molecule has 0 spiro atoms. The zero-order valence-electron chi connectivity index (χ0n) is 12.3. The molecule has 0 bridgehead atoms. The summed E-state index contributed by atoms with van der Waals surface area (Å²) < 4.78 is 21.0. The van der Waals surface area contributed by atoms with E-state index >= 15 is 0 Å². The first kappa shape index (κ1) is 19.2. The number of nitrogens with one attached hydrogen (secondary N) is 1. The van der Waals surface area contributed by atoms with Crippen LogP contribution in [0.25, 0.3) is 0 Å². The second-order valence-corrected chi connectivity index (χ2v) is 6.50. The number of likely N-dealkylation sites (N-methyl/N-ethyl adjacent to an activating group) is 1. The Morgan fingerprint density at radius 3 is 2.35 bits per heavy atom. The molecule has 1 atom stereocenters. The SMILES string of the molecule is C=C(C)C(=O)NCCOC(COP(=O)(O)O)[N+](C)(C)C. The molecule has 0 saturated carbocycles. The number of ether oxygens (including phenoxy) is 1. The summed E-state index contributed by atoms with van der Waals surface area (Å²) in [6.07, 6.45) is -0.565. The van der Waals surface area contributed by atoms with E-state index in [4.69, 9.17) is 14.5 Å². The van der Waals surface area contributed by atoms with Crippen molar-refractivity contribution in [1.82, 2.24) is 5.32 Å². The summed E-state index contributed by atoms with van der Waals surface area (Å²) in [5.74, 6) is -0.262. The number of nitrogens with zero attached hydrogens (tertiary/aromatic N) is 1. The third kappa shape index (κ3) is 9.19. The highest BCUT2D eigenvalue weighted by atomic mass is 31.2. The highest BCUT2D eigenvalue weighted by Crippen LogP contribution is 2.36. The molecule has 0 aliphatic carbocycles. The van der Waals surface area contributed by atoms with E-state index in [1.165, 1.54) is 0 Å². The molecule has 0 fully saturated rings. The number of phosphoric acid groups is 1. The standard InChI is InChI=1S/C11H23N2O6P/c1-9(2)11(14)12-6-7-18-10(13(3,4)5)8-19-20(15,16)17/h10H,1,6-8H2,2-5H3,(H2-,12,14,15,16,17)/p+1. The van der Waals surface area contributed by atoms with Crippen molar-refractivity contribution in [2.75, 3.05) is 40.9 Å². The van der Waals surface area contributed by atoms with Gasteiger partial charge in [0, 0.05) is 12.1 Å². The van der Waals surface area contributed by atoms with Crippen LogP contribution in [0.3, 0.4) is 0 Å². The van der Waals surface area contributed by atoms with Crippen LogP contribution >= 0.6 is 7.82 Å². The lowest BCUT2D eigenvalue weighted by atomic mass is 10.3. The summed E-state index contributed by atoms with van der Waals surface area (Å²) in [4.78, 5) is 28.6. The summed E-state index contributed by atoms with van der Waals surface area (Å²) in [5.41, 5.74) is 0.401. The molecule has 0 aromatic rings. The Morgan fingerprint density at radius 1 is 1.40 bits per heavy atom. The monoisotopic (exact) mass is 311 g/mol. The summed E-state index contributed by atoms with van der Waals surface area (Å²) in [7, 11) is 0.889. The van der Waals surface area contributed by atoms with Crippen LogP contribution in [0.2, 0.25) is 0 Å². The minimum Gasteiger partial charge on any atom is -0.350 e. The first-order valence-corrected chi connectivity index (χ1v) is 7.53. The Labute approximate surface area is 119 Å². The maximum atomic E-state index is 11.2. The fraction of sp³-hybridized carbons (Fsp3) is 0.727. The third-order valence-corrected chi connectivity index (χ3v) is 2.82. The van der Waals surface area contributed by atoms with E-state index in [0.29, 0.717) is 10.1 Å². The molecule has 0 aliphatic heterocycles. The molecule has 1 unspecified atom stereocenters. The highest BCUT2D eigenvalue weighted by Gasteiger charge is 2.28. The van der Waals surface area contributed by atoms with Gasteiger partial charge in [-0.1, -0.05) is 6.58 Å². The number of carbonyl (C=O) groups excluding carboxylic acids is 1. The van der Waals surface area contributed by atoms with E-state index in [9.17, 15) is 9.36 Å². The predicted octanol–water partition coefficient (Wildman–Crippen LogP) is -0.163. The van der Waals surface area contributed by atoms with Crippen LogP contribution in [0.4, 0.5) is 0 Å². The average molecular weight is 311 g/mol. The van der Waals surface area contributed by atoms with Crippen LogP contribution in [-0.2, 0) is 18.6 Å². The van der Waals surface area contributed by atoms with Crippen molar-refractivity contribution >= 4 is 13.7 Å². The van der Waals surface area contributed by atoms with Crippen molar-refractivity contribution < 1.29 is 32.9 Å². The molecule has 3 N–H and O–H groups in total.